The minimum Gasteiger partial charge on any atom is -0.480 e. The molecule has 7 nitrogen and oxygen atoms in total. The van der Waals surface area contributed by atoms with Crippen LogP contribution in [0.2, 0.25) is 0 Å². The SMILES string of the molecule is CCC(C)C(NC(=O)Cn1cc(-c2ccccc2)nn1)C(=O)O. The van der Waals surface area contributed by atoms with Gasteiger partial charge in [-0.2, -0.15) is 0 Å². The summed E-state index contributed by atoms with van der Waals surface area (Å²) in [5, 5.41) is 19.7. The Hall–Kier alpha value is -2.70. The van der Waals surface area contributed by atoms with Crippen molar-refractivity contribution in [3.63, 3.8) is 0 Å². The molecule has 1 aromatic carbocycles. The largest absolute Gasteiger partial charge is 0.480 e. The van der Waals surface area contributed by atoms with E-state index in [-0.39, 0.29) is 12.5 Å². The Balaban J connectivity index is 2.01. The first-order chi connectivity index (χ1) is 11.0. The first-order valence-electron chi connectivity index (χ1n) is 7.49. The van der Waals surface area contributed by atoms with Crippen LogP contribution in [0.3, 0.4) is 0 Å². The molecule has 1 aromatic heterocycles. The van der Waals surface area contributed by atoms with E-state index in [2.05, 4.69) is 15.6 Å². The number of carboxylic acids is 1. The number of benzene rings is 1. The van der Waals surface area contributed by atoms with Crippen LogP contribution in [0, 0.1) is 5.92 Å². The molecule has 0 saturated heterocycles. The zero-order chi connectivity index (χ0) is 16.8. The van der Waals surface area contributed by atoms with Gasteiger partial charge in [0.2, 0.25) is 5.91 Å². The molecule has 0 spiro atoms. The second kappa shape index (κ2) is 7.53. The lowest BCUT2D eigenvalue weighted by molar-refractivity contribution is -0.143. The molecule has 0 aliphatic rings. The molecule has 1 amide bonds. The van der Waals surface area contributed by atoms with Crippen LogP contribution in [-0.2, 0) is 16.1 Å². The highest BCUT2D eigenvalue weighted by Crippen LogP contribution is 2.14. The number of amides is 1. The number of rotatable bonds is 7. The van der Waals surface area contributed by atoms with E-state index in [1.54, 1.807) is 13.1 Å². The number of nitrogens with zero attached hydrogens (tertiary/aromatic N) is 3. The molecule has 0 bridgehead atoms. The van der Waals surface area contributed by atoms with Gasteiger partial charge < -0.3 is 10.4 Å². The van der Waals surface area contributed by atoms with E-state index in [0.29, 0.717) is 12.1 Å². The molecule has 0 radical (unpaired) electrons. The summed E-state index contributed by atoms with van der Waals surface area (Å²) in [7, 11) is 0. The normalized spacial score (nSPS) is 13.3. The van der Waals surface area contributed by atoms with Crippen molar-refractivity contribution in [3.8, 4) is 11.3 Å². The Morgan fingerprint density at radius 1 is 1.30 bits per heavy atom. The Morgan fingerprint density at radius 2 is 2.00 bits per heavy atom. The second-order valence-corrected chi connectivity index (χ2v) is 5.44. The Bertz CT molecular complexity index is 669. The van der Waals surface area contributed by atoms with Gasteiger partial charge in [0.15, 0.2) is 0 Å². The highest BCUT2D eigenvalue weighted by atomic mass is 16.4. The van der Waals surface area contributed by atoms with Crippen molar-refractivity contribution in [2.45, 2.75) is 32.9 Å². The van der Waals surface area contributed by atoms with Crippen molar-refractivity contribution in [2.24, 2.45) is 5.92 Å². The fourth-order valence-electron chi connectivity index (χ4n) is 2.17. The summed E-state index contributed by atoms with van der Waals surface area (Å²) in [6.07, 6.45) is 2.33. The van der Waals surface area contributed by atoms with Gasteiger partial charge in [0.05, 0.1) is 6.20 Å². The maximum atomic E-state index is 12.0. The minimum atomic E-state index is -1.03. The van der Waals surface area contributed by atoms with Crippen LogP contribution in [0.25, 0.3) is 11.3 Å². The van der Waals surface area contributed by atoms with E-state index in [0.717, 1.165) is 5.56 Å². The number of carbonyl (C=O) groups is 2. The van der Waals surface area contributed by atoms with Crippen molar-refractivity contribution in [2.75, 3.05) is 0 Å². The van der Waals surface area contributed by atoms with E-state index in [9.17, 15) is 14.7 Å². The molecule has 2 N–H and O–H groups in total. The van der Waals surface area contributed by atoms with Crippen LogP contribution in [0.1, 0.15) is 20.3 Å². The van der Waals surface area contributed by atoms with Crippen LogP contribution in [0.15, 0.2) is 36.5 Å². The van der Waals surface area contributed by atoms with Crippen molar-refractivity contribution in [1.29, 1.82) is 0 Å². The number of hydrogen-bond donors (Lipinski definition) is 2. The quantitative estimate of drug-likeness (QED) is 0.808. The number of carboxylic acid groups (broad SMARTS) is 1. The summed E-state index contributed by atoms with van der Waals surface area (Å²) >= 11 is 0. The van der Waals surface area contributed by atoms with Gasteiger partial charge in [-0.1, -0.05) is 55.8 Å². The molecule has 2 aromatic rings. The van der Waals surface area contributed by atoms with E-state index in [1.165, 1.54) is 4.68 Å². The molecule has 122 valence electrons. The topological polar surface area (TPSA) is 97.1 Å². The number of carbonyl (C=O) groups excluding carboxylic acids is 1. The van der Waals surface area contributed by atoms with Crippen LogP contribution < -0.4 is 5.32 Å². The van der Waals surface area contributed by atoms with Gasteiger partial charge in [0.1, 0.15) is 18.3 Å². The lowest BCUT2D eigenvalue weighted by atomic mass is 9.99. The van der Waals surface area contributed by atoms with E-state index < -0.39 is 17.9 Å². The fourth-order valence-corrected chi connectivity index (χ4v) is 2.17. The summed E-state index contributed by atoms with van der Waals surface area (Å²) in [4.78, 5) is 23.3. The van der Waals surface area contributed by atoms with Crippen LogP contribution in [0.4, 0.5) is 0 Å². The van der Waals surface area contributed by atoms with Crippen molar-refractivity contribution in [3.05, 3.63) is 36.5 Å². The highest BCUT2D eigenvalue weighted by Gasteiger charge is 2.25. The molecule has 0 fully saturated rings. The maximum absolute atomic E-state index is 12.0. The molecular weight excluding hydrogens is 296 g/mol. The maximum Gasteiger partial charge on any atom is 0.326 e. The van der Waals surface area contributed by atoms with Gasteiger partial charge in [0.25, 0.3) is 0 Å². The van der Waals surface area contributed by atoms with Gasteiger partial charge in [0, 0.05) is 5.56 Å². The smallest absolute Gasteiger partial charge is 0.326 e. The van der Waals surface area contributed by atoms with E-state index >= 15 is 0 Å². The van der Waals surface area contributed by atoms with Gasteiger partial charge >= 0.3 is 5.97 Å². The minimum absolute atomic E-state index is 0.0694. The Kier molecular flexibility index (Phi) is 5.46. The molecule has 7 heteroatoms. The second-order valence-electron chi connectivity index (χ2n) is 5.44. The summed E-state index contributed by atoms with van der Waals surface area (Å²) in [5.41, 5.74) is 1.57. The molecule has 0 aliphatic heterocycles. The first-order valence-corrected chi connectivity index (χ1v) is 7.49. The molecule has 2 atom stereocenters. The summed E-state index contributed by atoms with van der Waals surface area (Å²) in [6.45, 7) is 3.61. The molecule has 0 aliphatic carbocycles. The molecule has 0 saturated carbocycles. The molecule has 2 unspecified atom stereocenters. The van der Waals surface area contributed by atoms with E-state index in [1.807, 2.05) is 37.3 Å². The van der Waals surface area contributed by atoms with E-state index in [4.69, 9.17) is 0 Å². The summed E-state index contributed by atoms with van der Waals surface area (Å²) in [6, 6.07) is 8.59. The van der Waals surface area contributed by atoms with Crippen molar-refractivity contribution < 1.29 is 14.7 Å². The monoisotopic (exact) mass is 316 g/mol. The summed E-state index contributed by atoms with van der Waals surface area (Å²) < 4.78 is 1.40. The third kappa shape index (κ3) is 4.38. The summed E-state index contributed by atoms with van der Waals surface area (Å²) in [5.74, 6) is -1.58. The highest BCUT2D eigenvalue weighted by molar-refractivity contribution is 5.83. The van der Waals surface area contributed by atoms with Crippen LogP contribution in [0.5, 0.6) is 0 Å². The molecule has 23 heavy (non-hydrogen) atoms. The van der Waals surface area contributed by atoms with Crippen molar-refractivity contribution in [1.82, 2.24) is 20.3 Å². The predicted molar refractivity (Wildman–Crippen MR) is 84.5 cm³/mol. The third-order valence-electron chi connectivity index (χ3n) is 3.71. The Morgan fingerprint density at radius 3 is 2.61 bits per heavy atom. The number of aliphatic carboxylic acids is 1. The lowest BCUT2D eigenvalue weighted by Crippen LogP contribution is -2.46. The van der Waals surface area contributed by atoms with Crippen LogP contribution in [-0.4, -0.2) is 38.0 Å². The van der Waals surface area contributed by atoms with Gasteiger partial charge in [-0.05, 0) is 5.92 Å². The molecule has 1 heterocycles. The Labute approximate surface area is 134 Å². The zero-order valence-corrected chi connectivity index (χ0v) is 13.1. The average Bonchev–Trinajstić information content (AvgIpc) is 3.01. The van der Waals surface area contributed by atoms with Gasteiger partial charge in [-0.3, -0.25) is 4.79 Å². The average molecular weight is 316 g/mol. The standard InChI is InChI=1S/C16H20N4O3/c1-3-11(2)15(16(22)23)17-14(21)10-20-9-13(18-19-20)12-7-5-4-6-8-12/h4-9,11,15H,3,10H2,1-2H3,(H,17,21)(H,22,23). The molecule has 2 rings (SSSR count). The zero-order valence-electron chi connectivity index (χ0n) is 13.1. The van der Waals surface area contributed by atoms with Gasteiger partial charge in [-0.25, -0.2) is 9.48 Å². The van der Waals surface area contributed by atoms with Crippen molar-refractivity contribution >= 4 is 11.9 Å². The number of nitrogens with one attached hydrogen (secondary N) is 1. The first kappa shape index (κ1) is 16.7. The van der Waals surface area contributed by atoms with Gasteiger partial charge in [-0.15, -0.1) is 5.10 Å². The number of aromatic nitrogens is 3. The molecular formula is C16H20N4O3. The van der Waals surface area contributed by atoms with Crippen LogP contribution >= 0.6 is 0 Å². The number of hydrogen-bond acceptors (Lipinski definition) is 4. The lowest BCUT2D eigenvalue weighted by Gasteiger charge is -2.19. The third-order valence-corrected chi connectivity index (χ3v) is 3.71. The fraction of sp³-hybridized carbons (Fsp3) is 0.375. The predicted octanol–water partition coefficient (Wildman–Crippen LogP) is 1.56.